The van der Waals surface area contributed by atoms with Gasteiger partial charge in [0.15, 0.2) is 0 Å². The molecule has 0 aromatic carbocycles. The normalized spacial score (nSPS) is 24.9. The molecule has 2 saturated heterocycles. The van der Waals surface area contributed by atoms with Crippen LogP contribution in [-0.2, 0) is 9.47 Å². The number of likely N-dealkylation sites (tertiary alicyclic amines) is 1. The van der Waals surface area contributed by atoms with Crippen molar-refractivity contribution in [2.24, 2.45) is 0 Å². The average molecular weight is 288 g/mol. The van der Waals surface area contributed by atoms with E-state index in [0.29, 0.717) is 12.6 Å². The van der Waals surface area contributed by atoms with E-state index in [9.17, 15) is 4.79 Å². The van der Waals surface area contributed by atoms with Gasteiger partial charge in [0.25, 0.3) is 0 Å². The molecule has 20 heavy (non-hydrogen) atoms. The van der Waals surface area contributed by atoms with E-state index >= 15 is 0 Å². The van der Waals surface area contributed by atoms with Crippen LogP contribution >= 0.6 is 0 Å². The molecular weight excluding hydrogens is 260 g/mol. The van der Waals surface area contributed by atoms with Crippen LogP contribution in [0.1, 0.15) is 33.6 Å². The highest BCUT2D eigenvalue weighted by atomic mass is 16.6. The lowest BCUT2D eigenvalue weighted by Gasteiger charge is -2.40. The monoisotopic (exact) mass is 288 g/mol. The zero-order chi connectivity index (χ0) is 15.2. The number of methoxy groups -OCH3 is 1. The van der Waals surface area contributed by atoms with E-state index in [4.69, 9.17) is 14.6 Å². The zero-order valence-corrected chi connectivity index (χ0v) is 13.0. The molecule has 0 spiro atoms. The van der Waals surface area contributed by atoms with E-state index in [1.807, 2.05) is 20.8 Å². The summed E-state index contributed by atoms with van der Waals surface area (Å²) < 4.78 is 10.0. The summed E-state index contributed by atoms with van der Waals surface area (Å²) in [7, 11) is 1.74. The van der Waals surface area contributed by atoms with Gasteiger partial charge < -0.3 is 24.8 Å². The summed E-state index contributed by atoms with van der Waals surface area (Å²) in [5.74, 6) is 0. The molecule has 0 aromatic heterocycles. The number of nitrogens with one attached hydrogen (secondary N) is 1. The lowest BCUT2D eigenvalue weighted by atomic mass is 10.1. The van der Waals surface area contributed by atoms with Crippen molar-refractivity contribution in [2.75, 3.05) is 33.4 Å². The summed E-state index contributed by atoms with van der Waals surface area (Å²) in [6.45, 7) is 8.27. The second kappa shape index (κ2) is 7.81. The molecule has 0 aliphatic carbocycles. The van der Waals surface area contributed by atoms with Crippen LogP contribution in [0.5, 0.6) is 0 Å². The Balaban J connectivity index is 0.000000240. The molecule has 2 heterocycles. The van der Waals surface area contributed by atoms with Crippen LogP contribution in [0.2, 0.25) is 0 Å². The number of aliphatic hydroxyl groups excluding tert-OH is 1. The number of carbonyl (C=O) groups excluding carboxylic acids is 1. The molecule has 2 aliphatic heterocycles. The van der Waals surface area contributed by atoms with Crippen molar-refractivity contribution in [3.63, 3.8) is 0 Å². The number of carbonyl (C=O) groups is 1. The Morgan fingerprint density at radius 2 is 2.05 bits per heavy atom. The topological polar surface area (TPSA) is 71.0 Å². The SMILES string of the molecule is CC(C)(C)OC(=O)N1CCC1CO.COCC1CCN1. The van der Waals surface area contributed by atoms with Crippen molar-refractivity contribution in [3.05, 3.63) is 0 Å². The van der Waals surface area contributed by atoms with Crippen LogP contribution in [0.25, 0.3) is 0 Å². The summed E-state index contributed by atoms with van der Waals surface area (Å²) in [4.78, 5) is 13.0. The first-order valence-electron chi connectivity index (χ1n) is 7.20. The van der Waals surface area contributed by atoms with Crippen LogP contribution in [0.4, 0.5) is 4.79 Å². The summed E-state index contributed by atoms with van der Waals surface area (Å²) >= 11 is 0. The van der Waals surface area contributed by atoms with E-state index in [1.54, 1.807) is 12.0 Å². The fourth-order valence-corrected chi connectivity index (χ4v) is 1.88. The maximum atomic E-state index is 11.4. The Bertz CT molecular complexity index is 298. The van der Waals surface area contributed by atoms with Crippen molar-refractivity contribution in [3.8, 4) is 0 Å². The second-order valence-electron chi connectivity index (χ2n) is 6.19. The van der Waals surface area contributed by atoms with Gasteiger partial charge in [0, 0.05) is 19.7 Å². The molecule has 2 unspecified atom stereocenters. The standard InChI is InChI=1S/C9H17NO3.C5H11NO/c1-9(2,3)13-8(12)10-5-4-7(10)6-11;1-7-4-5-2-3-6-5/h7,11H,4-6H2,1-3H3;5-6H,2-4H2,1H3. The van der Waals surface area contributed by atoms with Crippen LogP contribution in [0, 0.1) is 0 Å². The Morgan fingerprint density at radius 1 is 1.40 bits per heavy atom. The zero-order valence-electron chi connectivity index (χ0n) is 13.0. The maximum Gasteiger partial charge on any atom is 0.410 e. The Labute approximate surface area is 121 Å². The number of nitrogens with zero attached hydrogens (tertiary/aromatic N) is 1. The molecule has 2 N–H and O–H groups in total. The fourth-order valence-electron chi connectivity index (χ4n) is 1.88. The van der Waals surface area contributed by atoms with E-state index in [2.05, 4.69) is 5.32 Å². The predicted molar refractivity (Wildman–Crippen MR) is 76.7 cm³/mol. The van der Waals surface area contributed by atoms with E-state index in [1.165, 1.54) is 13.0 Å². The lowest BCUT2D eigenvalue weighted by molar-refractivity contribution is -0.0166. The minimum atomic E-state index is -0.452. The highest BCUT2D eigenvalue weighted by molar-refractivity contribution is 5.69. The number of aliphatic hydroxyl groups is 1. The molecule has 6 nitrogen and oxygen atoms in total. The van der Waals surface area contributed by atoms with Crippen LogP contribution < -0.4 is 5.32 Å². The third-order valence-corrected chi connectivity index (χ3v) is 3.28. The quantitative estimate of drug-likeness (QED) is 0.810. The predicted octanol–water partition coefficient (Wildman–Crippen LogP) is 0.983. The largest absolute Gasteiger partial charge is 0.444 e. The van der Waals surface area contributed by atoms with Gasteiger partial charge in [-0.3, -0.25) is 0 Å². The molecule has 118 valence electrons. The molecule has 2 aliphatic rings. The minimum absolute atomic E-state index is 0.0270. The molecule has 1 amide bonds. The highest BCUT2D eigenvalue weighted by Gasteiger charge is 2.34. The van der Waals surface area contributed by atoms with Crippen LogP contribution in [-0.4, -0.2) is 67.2 Å². The van der Waals surface area contributed by atoms with E-state index in [0.717, 1.165) is 13.0 Å². The van der Waals surface area contributed by atoms with Crippen molar-refractivity contribution in [1.82, 2.24) is 10.2 Å². The van der Waals surface area contributed by atoms with Crippen LogP contribution in [0.3, 0.4) is 0 Å². The van der Waals surface area contributed by atoms with Gasteiger partial charge in [-0.25, -0.2) is 4.79 Å². The van der Waals surface area contributed by atoms with Gasteiger partial charge >= 0.3 is 6.09 Å². The second-order valence-corrected chi connectivity index (χ2v) is 6.19. The molecule has 2 fully saturated rings. The molecule has 0 saturated carbocycles. The highest BCUT2D eigenvalue weighted by Crippen LogP contribution is 2.20. The Morgan fingerprint density at radius 3 is 2.30 bits per heavy atom. The third kappa shape index (κ3) is 5.64. The summed E-state index contributed by atoms with van der Waals surface area (Å²) in [6.07, 6.45) is 1.83. The Kier molecular flexibility index (Phi) is 6.71. The third-order valence-electron chi connectivity index (χ3n) is 3.28. The first kappa shape index (κ1) is 17.2. The molecule has 0 aromatic rings. The molecule has 2 atom stereocenters. The Hall–Kier alpha value is -0.850. The maximum absolute atomic E-state index is 11.4. The van der Waals surface area contributed by atoms with Gasteiger partial charge in [0.05, 0.1) is 19.3 Å². The van der Waals surface area contributed by atoms with Gasteiger partial charge in [-0.15, -0.1) is 0 Å². The number of hydrogen-bond acceptors (Lipinski definition) is 5. The minimum Gasteiger partial charge on any atom is -0.444 e. The number of amides is 1. The van der Waals surface area contributed by atoms with Gasteiger partial charge in [-0.1, -0.05) is 0 Å². The van der Waals surface area contributed by atoms with Crippen molar-refractivity contribution < 1.29 is 19.4 Å². The molecule has 0 bridgehead atoms. The molecule has 2 rings (SSSR count). The fraction of sp³-hybridized carbons (Fsp3) is 0.929. The van der Waals surface area contributed by atoms with Gasteiger partial charge in [0.1, 0.15) is 5.60 Å². The van der Waals surface area contributed by atoms with E-state index < -0.39 is 5.60 Å². The van der Waals surface area contributed by atoms with Gasteiger partial charge in [-0.05, 0) is 40.2 Å². The summed E-state index contributed by atoms with van der Waals surface area (Å²) in [6, 6.07) is 0.625. The average Bonchev–Trinajstić information content (AvgIpc) is 2.20. The molecule has 6 heteroatoms. The first-order valence-corrected chi connectivity index (χ1v) is 7.20. The van der Waals surface area contributed by atoms with E-state index in [-0.39, 0.29) is 18.7 Å². The van der Waals surface area contributed by atoms with Crippen LogP contribution in [0.15, 0.2) is 0 Å². The first-order chi connectivity index (χ1) is 9.37. The number of ether oxygens (including phenoxy) is 2. The number of rotatable bonds is 3. The van der Waals surface area contributed by atoms with Crippen molar-refractivity contribution >= 4 is 6.09 Å². The van der Waals surface area contributed by atoms with Crippen molar-refractivity contribution in [1.29, 1.82) is 0 Å². The number of hydrogen-bond donors (Lipinski definition) is 2. The molecule has 0 radical (unpaired) electrons. The van der Waals surface area contributed by atoms with Crippen molar-refractivity contribution in [2.45, 2.75) is 51.3 Å². The summed E-state index contributed by atoms with van der Waals surface area (Å²) in [5.41, 5.74) is -0.452. The van der Waals surface area contributed by atoms with Gasteiger partial charge in [0.2, 0.25) is 0 Å². The smallest absolute Gasteiger partial charge is 0.410 e. The summed E-state index contributed by atoms with van der Waals surface area (Å²) in [5, 5.41) is 12.1. The lowest BCUT2D eigenvalue weighted by Crippen LogP contribution is -2.54. The van der Waals surface area contributed by atoms with Gasteiger partial charge in [-0.2, -0.15) is 0 Å². The molecular formula is C14H28N2O4.